The zero-order valence-electron chi connectivity index (χ0n) is 10.6. The number of benzene rings is 1. The summed E-state index contributed by atoms with van der Waals surface area (Å²) >= 11 is 0. The topological polar surface area (TPSA) is 60.2 Å². The highest BCUT2D eigenvalue weighted by Crippen LogP contribution is 2.20. The molecule has 2 N–H and O–H groups in total. The molecule has 0 aliphatic heterocycles. The molecule has 0 radical (unpaired) electrons. The van der Waals surface area contributed by atoms with E-state index in [9.17, 15) is 12.8 Å². The molecule has 0 bridgehead atoms. The van der Waals surface area contributed by atoms with Crippen LogP contribution in [0.4, 0.5) is 4.39 Å². The van der Waals surface area contributed by atoms with E-state index in [2.05, 4.69) is 0 Å². The third-order valence-corrected chi connectivity index (χ3v) is 4.86. The lowest BCUT2D eigenvalue weighted by molar-refractivity contribution is 0.580. The van der Waals surface area contributed by atoms with Gasteiger partial charge in [-0.15, -0.1) is 0 Å². The predicted molar refractivity (Wildman–Crippen MR) is 71.8 cm³/mol. The van der Waals surface area contributed by atoms with E-state index < -0.39 is 9.84 Å². The van der Waals surface area contributed by atoms with Crippen LogP contribution in [0.1, 0.15) is 31.2 Å². The van der Waals surface area contributed by atoms with E-state index in [0.717, 1.165) is 5.56 Å². The summed E-state index contributed by atoms with van der Waals surface area (Å²) in [6.07, 6.45) is 1.30. The molecule has 0 spiro atoms. The quantitative estimate of drug-likeness (QED) is 0.827. The molecule has 0 saturated carbocycles. The van der Waals surface area contributed by atoms with Crippen LogP contribution in [0, 0.1) is 5.82 Å². The molecular weight excluding hydrogens is 253 g/mol. The molecule has 0 aliphatic carbocycles. The van der Waals surface area contributed by atoms with Crippen molar-refractivity contribution in [2.24, 2.45) is 5.73 Å². The number of nitrogens with two attached hydrogens (primary N) is 1. The first kappa shape index (κ1) is 15.1. The minimum atomic E-state index is -2.91. The van der Waals surface area contributed by atoms with Crippen molar-refractivity contribution in [3.8, 4) is 0 Å². The van der Waals surface area contributed by atoms with Crippen molar-refractivity contribution in [1.82, 2.24) is 0 Å². The van der Waals surface area contributed by atoms with Crippen LogP contribution in [-0.4, -0.2) is 26.5 Å². The predicted octanol–water partition coefficient (Wildman–Crippen LogP) is 2.08. The van der Waals surface area contributed by atoms with Crippen LogP contribution < -0.4 is 5.73 Å². The Morgan fingerprint density at radius 3 is 2.39 bits per heavy atom. The lowest BCUT2D eigenvalue weighted by Gasteiger charge is -2.15. The maximum Gasteiger partial charge on any atom is 0.150 e. The monoisotopic (exact) mass is 273 g/mol. The molecule has 5 heteroatoms. The van der Waals surface area contributed by atoms with Crippen LogP contribution in [0.5, 0.6) is 0 Å². The zero-order valence-corrected chi connectivity index (χ0v) is 11.4. The van der Waals surface area contributed by atoms with E-state index in [-0.39, 0.29) is 23.2 Å². The van der Waals surface area contributed by atoms with Crippen molar-refractivity contribution < 1.29 is 12.8 Å². The summed E-state index contributed by atoms with van der Waals surface area (Å²) in [4.78, 5) is 0. The molecule has 102 valence electrons. The molecule has 1 unspecified atom stereocenters. The minimum Gasteiger partial charge on any atom is -0.330 e. The first-order valence-electron chi connectivity index (χ1n) is 6.14. The van der Waals surface area contributed by atoms with Gasteiger partial charge in [0.15, 0.2) is 0 Å². The highest BCUT2D eigenvalue weighted by atomic mass is 32.2. The molecule has 1 aromatic carbocycles. The second kappa shape index (κ2) is 6.85. The van der Waals surface area contributed by atoms with E-state index in [1.165, 1.54) is 12.1 Å². The van der Waals surface area contributed by atoms with Crippen LogP contribution in [0.25, 0.3) is 0 Å². The van der Waals surface area contributed by atoms with Crippen molar-refractivity contribution in [1.29, 1.82) is 0 Å². The summed E-state index contributed by atoms with van der Waals surface area (Å²) < 4.78 is 35.5. The second-order valence-electron chi connectivity index (χ2n) is 4.36. The van der Waals surface area contributed by atoms with Gasteiger partial charge in [-0.2, -0.15) is 0 Å². The van der Waals surface area contributed by atoms with Gasteiger partial charge in [-0.25, -0.2) is 12.8 Å². The van der Waals surface area contributed by atoms with Gasteiger partial charge in [0.1, 0.15) is 15.7 Å². The summed E-state index contributed by atoms with van der Waals surface area (Å²) in [6.45, 7) is 2.09. The number of sulfone groups is 1. The average molecular weight is 273 g/mol. The molecule has 0 heterocycles. The van der Waals surface area contributed by atoms with Gasteiger partial charge in [-0.1, -0.05) is 19.1 Å². The van der Waals surface area contributed by atoms with Gasteiger partial charge in [-0.3, -0.25) is 0 Å². The Labute approximate surface area is 108 Å². The van der Waals surface area contributed by atoms with Gasteiger partial charge < -0.3 is 5.73 Å². The highest BCUT2D eigenvalue weighted by molar-refractivity contribution is 7.91. The number of rotatable bonds is 7. The third kappa shape index (κ3) is 4.74. The Morgan fingerprint density at radius 2 is 1.89 bits per heavy atom. The average Bonchev–Trinajstić information content (AvgIpc) is 2.36. The number of hydrogen-bond donors (Lipinski definition) is 1. The Balaban J connectivity index is 2.55. The fraction of sp³-hybridized carbons (Fsp3) is 0.538. The molecule has 1 aromatic rings. The Kier molecular flexibility index (Phi) is 5.75. The summed E-state index contributed by atoms with van der Waals surface area (Å²) in [6, 6.07) is 6.23. The molecule has 3 nitrogen and oxygen atoms in total. The van der Waals surface area contributed by atoms with Crippen LogP contribution in [-0.2, 0) is 9.84 Å². The minimum absolute atomic E-state index is 0.0951. The fourth-order valence-electron chi connectivity index (χ4n) is 1.85. The van der Waals surface area contributed by atoms with Gasteiger partial charge in [0.2, 0.25) is 0 Å². The Hall–Kier alpha value is -0.940. The normalized spacial score (nSPS) is 13.5. The van der Waals surface area contributed by atoms with E-state index in [0.29, 0.717) is 19.4 Å². The van der Waals surface area contributed by atoms with Gasteiger partial charge >= 0.3 is 0 Å². The smallest absolute Gasteiger partial charge is 0.150 e. The zero-order chi connectivity index (χ0) is 13.6. The maximum absolute atomic E-state index is 12.8. The number of hydrogen-bond acceptors (Lipinski definition) is 3. The van der Waals surface area contributed by atoms with E-state index in [4.69, 9.17) is 5.73 Å². The maximum atomic E-state index is 12.8. The lowest BCUT2D eigenvalue weighted by Crippen LogP contribution is -2.15. The summed E-state index contributed by atoms with van der Waals surface area (Å²) in [7, 11) is -2.91. The summed E-state index contributed by atoms with van der Waals surface area (Å²) in [5, 5.41) is 0. The molecule has 0 amide bonds. The highest BCUT2D eigenvalue weighted by Gasteiger charge is 2.12. The van der Waals surface area contributed by atoms with Crippen LogP contribution in [0.15, 0.2) is 24.3 Å². The third-order valence-electron chi connectivity index (χ3n) is 3.07. The molecule has 0 aliphatic rings. The molecule has 0 saturated heterocycles. The second-order valence-corrected chi connectivity index (χ2v) is 6.84. The van der Waals surface area contributed by atoms with Crippen molar-refractivity contribution in [3.63, 3.8) is 0 Å². The lowest BCUT2D eigenvalue weighted by atomic mass is 9.95. The molecule has 0 aromatic heterocycles. The van der Waals surface area contributed by atoms with Crippen LogP contribution >= 0.6 is 0 Å². The first-order valence-corrected chi connectivity index (χ1v) is 7.96. The first-order chi connectivity index (χ1) is 8.48. The van der Waals surface area contributed by atoms with Crippen molar-refractivity contribution in [2.45, 2.75) is 25.7 Å². The van der Waals surface area contributed by atoms with E-state index in [1.54, 1.807) is 19.1 Å². The standard InChI is InChI=1S/C13H20FNO2S/c1-2-18(16,17)9-3-4-12(10-15)11-5-7-13(14)8-6-11/h5-8,12H,2-4,9-10,15H2,1H3. The summed E-state index contributed by atoms with van der Waals surface area (Å²) in [5.41, 5.74) is 6.65. The largest absolute Gasteiger partial charge is 0.330 e. The Morgan fingerprint density at radius 1 is 1.28 bits per heavy atom. The molecule has 1 atom stereocenters. The van der Waals surface area contributed by atoms with E-state index >= 15 is 0 Å². The van der Waals surface area contributed by atoms with E-state index in [1.807, 2.05) is 0 Å². The van der Waals surface area contributed by atoms with Gasteiger partial charge in [0.25, 0.3) is 0 Å². The molecule has 1 rings (SSSR count). The van der Waals surface area contributed by atoms with Crippen molar-refractivity contribution in [3.05, 3.63) is 35.6 Å². The van der Waals surface area contributed by atoms with Gasteiger partial charge in [0, 0.05) is 5.75 Å². The SMILES string of the molecule is CCS(=O)(=O)CCCC(CN)c1ccc(F)cc1. The van der Waals surface area contributed by atoms with Gasteiger partial charge in [0.05, 0.1) is 5.75 Å². The van der Waals surface area contributed by atoms with Crippen LogP contribution in [0.2, 0.25) is 0 Å². The molecule has 18 heavy (non-hydrogen) atoms. The number of halogens is 1. The fourth-order valence-corrected chi connectivity index (χ4v) is 2.74. The summed E-state index contributed by atoms with van der Waals surface area (Å²) in [5.74, 6) is 0.193. The van der Waals surface area contributed by atoms with Gasteiger partial charge in [-0.05, 0) is 43.0 Å². The molecular formula is C13H20FNO2S. The molecule has 0 fully saturated rings. The van der Waals surface area contributed by atoms with Crippen molar-refractivity contribution in [2.75, 3.05) is 18.1 Å². The van der Waals surface area contributed by atoms with Crippen molar-refractivity contribution >= 4 is 9.84 Å². The van der Waals surface area contributed by atoms with Crippen LogP contribution in [0.3, 0.4) is 0 Å². The Bertz CT molecular complexity index is 456.